The molecule has 1 N–H and O–H groups in total. The third kappa shape index (κ3) is 3.15. The molecule has 0 radical (unpaired) electrons. The third-order valence-corrected chi connectivity index (χ3v) is 4.17. The Kier molecular flexibility index (Phi) is 4.19. The number of alkyl halides is 3. The average molecular weight is 305 g/mol. The van der Waals surface area contributed by atoms with Crippen molar-refractivity contribution in [3.05, 3.63) is 29.6 Å². The van der Waals surface area contributed by atoms with E-state index in [-0.39, 0.29) is 23.2 Å². The van der Waals surface area contributed by atoms with Crippen LogP contribution in [0.3, 0.4) is 0 Å². The summed E-state index contributed by atoms with van der Waals surface area (Å²) in [5.41, 5.74) is -1.08. The largest absolute Gasteiger partial charge is 0.416 e. The van der Waals surface area contributed by atoms with Crippen molar-refractivity contribution < 1.29 is 22.3 Å². The molecule has 2 atom stereocenters. The van der Waals surface area contributed by atoms with E-state index in [1.807, 2.05) is 20.8 Å². The van der Waals surface area contributed by atoms with Gasteiger partial charge in [0.05, 0.1) is 17.4 Å². The molecule has 1 fully saturated rings. The van der Waals surface area contributed by atoms with Gasteiger partial charge < -0.3 is 10.1 Å². The number of hydrogen-bond donors (Lipinski definition) is 1. The summed E-state index contributed by atoms with van der Waals surface area (Å²) in [4.78, 5) is 0. The molecule has 0 spiro atoms. The average Bonchev–Trinajstić information content (AvgIpc) is 2.38. The summed E-state index contributed by atoms with van der Waals surface area (Å²) in [6.07, 6.45) is -3.74. The zero-order valence-electron chi connectivity index (χ0n) is 12.2. The highest BCUT2D eigenvalue weighted by molar-refractivity contribution is 5.48. The van der Waals surface area contributed by atoms with Crippen molar-refractivity contribution in [3.63, 3.8) is 0 Å². The molecule has 0 heterocycles. The summed E-state index contributed by atoms with van der Waals surface area (Å²) in [5, 5.41) is 2.98. The molecule has 118 valence electrons. The Bertz CT molecular complexity index is 513. The number of halogens is 4. The number of hydrogen-bond acceptors (Lipinski definition) is 2. The van der Waals surface area contributed by atoms with Gasteiger partial charge in [-0.1, -0.05) is 13.8 Å². The minimum absolute atomic E-state index is 0.0275. The summed E-state index contributed by atoms with van der Waals surface area (Å²) in [6, 6.07) is 2.52. The number of anilines is 1. The number of benzene rings is 1. The third-order valence-electron chi connectivity index (χ3n) is 4.17. The van der Waals surface area contributed by atoms with E-state index in [4.69, 9.17) is 4.74 Å². The van der Waals surface area contributed by atoms with Gasteiger partial charge in [0.25, 0.3) is 0 Å². The lowest BCUT2D eigenvalue weighted by Crippen LogP contribution is -2.58. The van der Waals surface area contributed by atoms with E-state index >= 15 is 0 Å². The molecule has 1 saturated carbocycles. The van der Waals surface area contributed by atoms with Gasteiger partial charge >= 0.3 is 6.18 Å². The van der Waals surface area contributed by atoms with Crippen LogP contribution in [0, 0.1) is 11.2 Å². The van der Waals surface area contributed by atoms with Crippen LogP contribution in [0.15, 0.2) is 18.2 Å². The lowest BCUT2D eigenvalue weighted by molar-refractivity contribution is -0.137. The summed E-state index contributed by atoms with van der Waals surface area (Å²) in [6.45, 7) is 6.51. The predicted octanol–water partition coefficient (Wildman–Crippen LogP) is 4.46. The lowest BCUT2D eigenvalue weighted by atomic mass is 9.64. The molecule has 1 aromatic rings. The van der Waals surface area contributed by atoms with Gasteiger partial charge in [-0.25, -0.2) is 4.39 Å². The van der Waals surface area contributed by atoms with E-state index in [2.05, 4.69) is 5.32 Å². The maximum absolute atomic E-state index is 13.8. The quantitative estimate of drug-likeness (QED) is 0.829. The summed E-state index contributed by atoms with van der Waals surface area (Å²) in [5.74, 6) is -0.888. The molecule has 0 bridgehead atoms. The fraction of sp³-hybridized carbons (Fsp3) is 0.600. The molecule has 1 aliphatic carbocycles. The van der Waals surface area contributed by atoms with Crippen LogP contribution in [-0.4, -0.2) is 18.8 Å². The van der Waals surface area contributed by atoms with Gasteiger partial charge in [0.15, 0.2) is 0 Å². The van der Waals surface area contributed by atoms with E-state index in [0.717, 1.165) is 12.1 Å². The van der Waals surface area contributed by atoms with E-state index in [9.17, 15) is 17.6 Å². The molecule has 1 aliphatic rings. The SMILES string of the molecule is CCOC1CC(Nc2ccc(C(F)(F)F)cc2F)C1(C)C. The van der Waals surface area contributed by atoms with Crippen LogP contribution in [0.2, 0.25) is 0 Å². The van der Waals surface area contributed by atoms with Crippen LogP contribution in [0.25, 0.3) is 0 Å². The first-order valence-electron chi connectivity index (χ1n) is 6.91. The fourth-order valence-corrected chi connectivity index (χ4v) is 2.61. The Balaban J connectivity index is 2.08. The van der Waals surface area contributed by atoms with Crippen LogP contribution < -0.4 is 5.32 Å². The first-order valence-corrected chi connectivity index (χ1v) is 6.91. The van der Waals surface area contributed by atoms with Gasteiger partial charge in [-0.2, -0.15) is 13.2 Å². The van der Waals surface area contributed by atoms with Crippen molar-refractivity contribution in [3.8, 4) is 0 Å². The number of ether oxygens (including phenoxy) is 1. The van der Waals surface area contributed by atoms with E-state index in [1.165, 1.54) is 0 Å². The molecule has 0 aliphatic heterocycles. The summed E-state index contributed by atoms with van der Waals surface area (Å²) >= 11 is 0. The maximum atomic E-state index is 13.8. The van der Waals surface area contributed by atoms with Crippen LogP contribution in [-0.2, 0) is 10.9 Å². The van der Waals surface area contributed by atoms with Crippen molar-refractivity contribution in [1.82, 2.24) is 0 Å². The van der Waals surface area contributed by atoms with Gasteiger partial charge in [0, 0.05) is 18.1 Å². The normalized spacial score (nSPS) is 24.5. The topological polar surface area (TPSA) is 21.3 Å². The lowest BCUT2D eigenvalue weighted by Gasteiger charge is -2.52. The first kappa shape index (κ1) is 16.1. The molecule has 6 heteroatoms. The number of nitrogens with one attached hydrogen (secondary N) is 1. The van der Waals surface area contributed by atoms with E-state index < -0.39 is 17.6 Å². The molecule has 0 aromatic heterocycles. The molecule has 2 unspecified atom stereocenters. The minimum Gasteiger partial charge on any atom is -0.379 e. The van der Waals surface area contributed by atoms with Crippen LogP contribution >= 0.6 is 0 Å². The van der Waals surface area contributed by atoms with Crippen molar-refractivity contribution in [2.75, 3.05) is 11.9 Å². The molecular weight excluding hydrogens is 286 g/mol. The highest BCUT2D eigenvalue weighted by Gasteiger charge is 2.49. The Morgan fingerprint density at radius 1 is 1.33 bits per heavy atom. The minimum atomic E-state index is -4.53. The summed E-state index contributed by atoms with van der Waals surface area (Å²) in [7, 11) is 0. The van der Waals surface area contributed by atoms with Gasteiger partial charge in [-0.15, -0.1) is 0 Å². The monoisotopic (exact) mass is 305 g/mol. The molecular formula is C15H19F4NO. The standard InChI is InChI=1S/C15H19F4NO/c1-4-21-13-8-12(14(13,2)3)20-11-6-5-9(7-10(11)16)15(17,18)19/h5-7,12-13,20H,4,8H2,1-3H3. The van der Waals surface area contributed by atoms with E-state index in [0.29, 0.717) is 19.1 Å². The van der Waals surface area contributed by atoms with Crippen molar-refractivity contribution in [2.45, 2.75) is 45.5 Å². The molecule has 0 amide bonds. The zero-order chi connectivity index (χ0) is 15.8. The predicted molar refractivity (Wildman–Crippen MR) is 72.6 cm³/mol. The highest BCUT2D eigenvalue weighted by atomic mass is 19.4. The second-order valence-electron chi connectivity index (χ2n) is 5.89. The Morgan fingerprint density at radius 2 is 2.00 bits per heavy atom. The second kappa shape index (κ2) is 5.48. The van der Waals surface area contributed by atoms with Crippen molar-refractivity contribution in [1.29, 1.82) is 0 Å². The molecule has 21 heavy (non-hydrogen) atoms. The molecule has 2 rings (SSSR count). The van der Waals surface area contributed by atoms with Crippen LogP contribution in [0.1, 0.15) is 32.8 Å². The Labute approximate surface area is 121 Å². The van der Waals surface area contributed by atoms with E-state index in [1.54, 1.807) is 0 Å². The molecule has 1 aromatic carbocycles. The summed E-state index contributed by atoms with van der Waals surface area (Å²) < 4.78 is 56.9. The zero-order valence-corrected chi connectivity index (χ0v) is 12.2. The highest BCUT2D eigenvalue weighted by Crippen LogP contribution is 2.44. The maximum Gasteiger partial charge on any atom is 0.416 e. The Hall–Kier alpha value is -1.30. The smallest absolute Gasteiger partial charge is 0.379 e. The first-order chi connectivity index (χ1) is 9.66. The Morgan fingerprint density at radius 3 is 2.48 bits per heavy atom. The van der Waals surface area contributed by atoms with Gasteiger partial charge in [-0.3, -0.25) is 0 Å². The van der Waals surface area contributed by atoms with Gasteiger partial charge in [0.2, 0.25) is 0 Å². The fourth-order valence-electron chi connectivity index (χ4n) is 2.61. The molecule has 2 nitrogen and oxygen atoms in total. The van der Waals surface area contributed by atoms with Crippen LogP contribution in [0.5, 0.6) is 0 Å². The van der Waals surface area contributed by atoms with Gasteiger partial charge in [0.1, 0.15) is 5.82 Å². The van der Waals surface area contributed by atoms with Gasteiger partial charge in [-0.05, 0) is 31.5 Å². The van der Waals surface area contributed by atoms with Crippen molar-refractivity contribution in [2.24, 2.45) is 5.41 Å². The molecule has 0 saturated heterocycles. The number of rotatable bonds is 4. The second-order valence-corrected chi connectivity index (χ2v) is 5.89. The van der Waals surface area contributed by atoms with Crippen molar-refractivity contribution >= 4 is 5.69 Å². The van der Waals surface area contributed by atoms with Crippen LogP contribution in [0.4, 0.5) is 23.2 Å².